The summed E-state index contributed by atoms with van der Waals surface area (Å²) in [5.41, 5.74) is 0.530. The van der Waals surface area contributed by atoms with Crippen molar-refractivity contribution in [1.29, 1.82) is 5.26 Å². The molecule has 0 saturated carbocycles. The van der Waals surface area contributed by atoms with Gasteiger partial charge >= 0.3 is 0 Å². The van der Waals surface area contributed by atoms with E-state index in [2.05, 4.69) is 18.3 Å². The summed E-state index contributed by atoms with van der Waals surface area (Å²) in [6, 6.07) is 10.1. The Balaban J connectivity index is 2.56. The third-order valence-corrected chi connectivity index (χ3v) is 2.53. The molecule has 0 aliphatic carbocycles. The van der Waals surface area contributed by atoms with E-state index in [0.29, 0.717) is 6.61 Å². The smallest absolute Gasteiger partial charge is 0.138 e. The number of ether oxygens (including phenoxy) is 1. The van der Waals surface area contributed by atoms with Crippen LogP contribution < -0.4 is 10.1 Å². The van der Waals surface area contributed by atoms with Crippen LogP contribution in [0, 0.1) is 18.3 Å². The summed E-state index contributed by atoms with van der Waals surface area (Å²) in [6.07, 6.45) is 1.00. The SMILES string of the molecule is CCCNC(C)(C#N)COc1cccc(C)c1. The van der Waals surface area contributed by atoms with Crippen molar-refractivity contribution in [2.24, 2.45) is 0 Å². The molecule has 0 radical (unpaired) electrons. The van der Waals surface area contributed by atoms with Gasteiger partial charge in [0.05, 0.1) is 6.07 Å². The maximum atomic E-state index is 9.15. The molecule has 1 unspecified atom stereocenters. The molecule has 0 saturated heterocycles. The van der Waals surface area contributed by atoms with E-state index in [1.165, 1.54) is 0 Å². The zero-order valence-electron chi connectivity index (χ0n) is 10.8. The van der Waals surface area contributed by atoms with Crippen LogP contribution in [0.25, 0.3) is 0 Å². The summed E-state index contributed by atoms with van der Waals surface area (Å²) in [5, 5.41) is 12.3. The summed E-state index contributed by atoms with van der Waals surface area (Å²) in [6.45, 7) is 7.13. The third kappa shape index (κ3) is 4.46. The highest BCUT2D eigenvalue weighted by atomic mass is 16.5. The van der Waals surface area contributed by atoms with Crippen LogP contribution in [0.1, 0.15) is 25.8 Å². The monoisotopic (exact) mass is 232 g/mol. The molecule has 0 heterocycles. The largest absolute Gasteiger partial charge is 0.491 e. The summed E-state index contributed by atoms with van der Waals surface area (Å²) in [7, 11) is 0. The maximum Gasteiger partial charge on any atom is 0.138 e. The molecule has 0 spiro atoms. The first-order valence-electron chi connectivity index (χ1n) is 5.95. The highest BCUT2D eigenvalue weighted by Crippen LogP contribution is 2.14. The number of nitrogens with one attached hydrogen (secondary N) is 1. The molecule has 0 amide bonds. The second kappa shape index (κ2) is 6.27. The average molecular weight is 232 g/mol. The molecule has 0 aliphatic heterocycles. The Hall–Kier alpha value is -1.53. The zero-order chi connectivity index (χ0) is 12.7. The molecule has 92 valence electrons. The Labute approximate surface area is 103 Å². The number of nitriles is 1. The van der Waals surface area contributed by atoms with Crippen LogP contribution >= 0.6 is 0 Å². The van der Waals surface area contributed by atoms with Crippen LogP contribution in [0.3, 0.4) is 0 Å². The van der Waals surface area contributed by atoms with Gasteiger partial charge in [0.2, 0.25) is 0 Å². The first kappa shape index (κ1) is 13.5. The summed E-state index contributed by atoms with van der Waals surface area (Å²) in [4.78, 5) is 0. The zero-order valence-corrected chi connectivity index (χ0v) is 10.8. The van der Waals surface area contributed by atoms with Gasteiger partial charge < -0.3 is 4.74 Å². The average Bonchev–Trinajstić information content (AvgIpc) is 2.34. The molecule has 1 N–H and O–H groups in total. The highest BCUT2D eigenvalue weighted by Gasteiger charge is 2.23. The Bertz CT molecular complexity index is 397. The van der Waals surface area contributed by atoms with Crippen LogP contribution in [-0.4, -0.2) is 18.7 Å². The van der Waals surface area contributed by atoms with Gasteiger partial charge in [0.25, 0.3) is 0 Å². The van der Waals surface area contributed by atoms with E-state index in [1.807, 2.05) is 38.1 Å². The number of hydrogen-bond acceptors (Lipinski definition) is 3. The Morgan fingerprint density at radius 1 is 1.47 bits per heavy atom. The van der Waals surface area contributed by atoms with Crippen molar-refractivity contribution in [3.63, 3.8) is 0 Å². The number of nitrogens with zero attached hydrogens (tertiary/aromatic N) is 1. The van der Waals surface area contributed by atoms with Crippen LogP contribution in [-0.2, 0) is 0 Å². The third-order valence-electron chi connectivity index (χ3n) is 2.53. The van der Waals surface area contributed by atoms with Crippen LogP contribution in [0.4, 0.5) is 0 Å². The predicted octanol–water partition coefficient (Wildman–Crippen LogP) is 2.66. The molecule has 3 heteroatoms. The van der Waals surface area contributed by atoms with Crippen LogP contribution in [0.5, 0.6) is 5.75 Å². The molecule has 1 rings (SSSR count). The number of benzene rings is 1. The minimum absolute atomic E-state index is 0.354. The van der Waals surface area contributed by atoms with Gasteiger partial charge in [-0.1, -0.05) is 19.1 Å². The normalized spacial score (nSPS) is 13.8. The number of hydrogen-bond donors (Lipinski definition) is 1. The number of rotatable bonds is 6. The van der Waals surface area contributed by atoms with Crippen molar-refractivity contribution in [2.45, 2.75) is 32.7 Å². The second-order valence-electron chi connectivity index (χ2n) is 4.48. The standard InChI is InChI=1S/C14H20N2O/c1-4-8-16-14(3,10-15)11-17-13-7-5-6-12(2)9-13/h5-7,9,16H,4,8,11H2,1-3H3. The lowest BCUT2D eigenvalue weighted by Gasteiger charge is -2.23. The fourth-order valence-corrected chi connectivity index (χ4v) is 1.46. The highest BCUT2D eigenvalue weighted by molar-refractivity contribution is 5.27. The van der Waals surface area contributed by atoms with Gasteiger partial charge in [-0.05, 0) is 44.5 Å². The fourth-order valence-electron chi connectivity index (χ4n) is 1.46. The van der Waals surface area contributed by atoms with Gasteiger partial charge in [-0.2, -0.15) is 5.26 Å². The van der Waals surface area contributed by atoms with Gasteiger partial charge in [-0.15, -0.1) is 0 Å². The minimum atomic E-state index is -0.625. The van der Waals surface area contributed by atoms with E-state index in [9.17, 15) is 0 Å². The van der Waals surface area contributed by atoms with Crippen LogP contribution in [0.2, 0.25) is 0 Å². The van der Waals surface area contributed by atoms with Crippen molar-refractivity contribution in [3.8, 4) is 11.8 Å². The molecule has 1 aromatic carbocycles. The van der Waals surface area contributed by atoms with Crippen molar-refractivity contribution in [3.05, 3.63) is 29.8 Å². The number of aryl methyl sites for hydroxylation is 1. The molecule has 0 aliphatic rings. The lowest BCUT2D eigenvalue weighted by molar-refractivity contribution is 0.234. The Kier molecular flexibility index (Phi) is 4.99. The van der Waals surface area contributed by atoms with Crippen molar-refractivity contribution in [1.82, 2.24) is 5.32 Å². The van der Waals surface area contributed by atoms with Gasteiger partial charge in [-0.25, -0.2) is 0 Å². The first-order chi connectivity index (χ1) is 8.09. The predicted molar refractivity (Wildman–Crippen MR) is 69.0 cm³/mol. The molecule has 3 nitrogen and oxygen atoms in total. The molecular weight excluding hydrogens is 212 g/mol. The molecule has 0 aromatic heterocycles. The molecule has 1 atom stereocenters. The van der Waals surface area contributed by atoms with E-state index in [4.69, 9.17) is 10.00 Å². The second-order valence-corrected chi connectivity index (χ2v) is 4.48. The van der Waals surface area contributed by atoms with Crippen molar-refractivity contribution >= 4 is 0 Å². The first-order valence-corrected chi connectivity index (χ1v) is 5.95. The van der Waals surface area contributed by atoms with Crippen LogP contribution in [0.15, 0.2) is 24.3 Å². The summed E-state index contributed by atoms with van der Waals surface area (Å²) in [5.74, 6) is 0.810. The van der Waals surface area contributed by atoms with E-state index >= 15 is 0 Å². The lowest BCUT2D eigenvalue weighted by atomic mass is 10.1. The maximum absolute atomic E-state index is 9.15. The van der Waals surface area contributed by atoms with Gasteiger partial charge in [0, 0.05) is 0 Å². The Morgan fingerprint density at radius 2 is 2.24 bits per heavy atom. The van der Waals surface area contributed by atoms with Gasteiger partial charge in [0.15, 0.2) is 0 Å². The fraction of sp³-hybridized carbons (Fsp3) is 0.500. The lowest BCUT2D eigenvalue weighted by Crippen LogP contribution is -2.46. The molecule has 0 bridgehead atoms. The Morgan fingerprint density at radius 3 is 2.82 bits per heavy atom. The summed E-state index contributed by atoms with van der Waals surface area (Å²) < 4.78 is 5.65. The van der Waals surface area contributed by atoms with E-state index in [1.54, 1.807) is 0 Å². The van der Waals surface area contributed by atoms with E-state index < -0.39 is 5.54 Å². The molecule has 1 aromatic rings. The van der Waals surface area contributed by atoms with E-state index in [-0.39, 0.29) is 0 Å². The van der Waals surface area contributed by atoms with Gasteiger partial charge in [0.1, 0.15) is 17.9 Å². The quantitative estimate of drug-likeness (QED) is 0.820. The molecular formula is C14H20N2O. The summed E-state index contributed by atoms with van der Waals surface area (Å²) >= 11 is 0. The molecule has 17 heavy (non-hydrogen) atoms. The topological polar surface area (TPSA) is 45.0 Å². The van der Waals surface area contributed by atoms with Crippen molar-refractivity contribution < 1.29 is 4.74 Å². The van der Waals surface area contributed by atoms with Crippen molar-refractivity contribution in [2.75, 3.05) is 13.2 Å². The van der Waals surface area contributed by atoms with E-state index in [0.717, 1.165) is 24.3 Å². The van der Waals surface area contributed by atoms with Gasteiger partial charge in [-0.3, -0.25) is 5.32 Å². The minimum Gasteiger partial charge on any atom is -0.491 e. The molecule has 0 fully saturated rings.